The lowest BCUT2D eigenvalue weighted by Gasteiger charge is -2.18. The number of aromatic nitrogens is 2. The molecule has 0 amide bonds. The van der Waals surface area contributed by atoms with E-state index in [9.17, 15) is 0 Å². The average molecular weight is 344 g/mol. The Kier molecular flexibility index (Phi) is 4.50. The van der Waals surface area contributed by atoms with Crippen molar-refractivity contribution < 1.29 is 0 Å². The van der Waals surface area contributed by atoms with Crippen molar-refractivity contribution in [2.45, 2.75) is 13.0 Å². The summed E-state index contributed by atoms with van der Waals surface area (Å²) in [7, 11) is 1.91. The minimum atomic E-state index is 0.0294. The van der Waals surface area contributed by atoms with Gasteiger partial charge in [0.05, 0.1) is 16.8 Å². The Morgan fingerprint density at radius 1 is 1.53 bits per heavy atom. The predicted octanol–water partition coefficient (Wildman–Crippen LogP) is 3.26. The molecule has 1 atom stereocenters. The van der Waals surface area contributed by atoms with Crippen molar-refractivity contribution in [3.63, 3.8) is 0 Å². The summed E-state index contributed by atoms with van der Waals surface area (Å²) in [6.07, 6.45) is 1.99. The minimum Gasteiger partial charge on any atom is -0.377 e. The number of hydrogen-bond acceptors (Lipinski definition) is 3. The summed E-state index contributed by atoms with van der Waals surface area (Å²) < 4.78 is 2.66. The van der Waals surface area contributed by atoms with Crippen molar-refractivity contribution in [3.8, 4) is 0 Å². The van der Waals surface area contributed by atoms with E-state index in [1.807, 2.05) is 38.4 Å². The largest absolute Gasteiger partial charge is 0.377 e. The zero-order valence-corrected chi connectivity index (χ0v) is 13.2. The first-order valence-electron chi connectivity index (χ1n) is 5.93. The Hall–Kier alpha value is -1.04. The maximum Gasteiger partial charge on any atom is 0.0669 e. The van der Waals surface area contributed by atoms with Crippen molar-refractivity contribution in [1.29, 1.82) is 0 Å². The molecule has 0 spiro atoms. The molecule has 0 saturated heterocycles. The Balaban J connectivity index is 2.23. The van der Waals surface area contributed by atoms with Gasteiger partial charge in [-0.2, -0.15) is 5.10 Å². The van der Waals surface area contributed by atoms with Crippen LogP contribution in [-0.4, -0.2) is 16.3 Å². The molecule has 1 heterocycles. The number of benzene rings is 1. The summed E-state index contributed by atoms with van der Waals surface area (Å²) in [6.45, 7) is 2.48. The van der Waals surface area contributed by atoms with E-state index in [2.05, 4.69) is 26.3 Å². The normalized spacial score (nSPS) is 12.5. The van der Waals surface area contributed by atoms with Crippen LogP contribution in [0.2, 0.25) is 5.02 Å². The summed E-state index contributed by atoms with van der Waals surface area (Å²) >= 11 is 9.40. The minimum absolute atomic E-state index is 0.0294. The molecule has 1 aromatic heterocycles. The number of rotatable bonds is 4. The van der Waals surface area contributed by atoms with Gasteiger partial charge in [-0.1, -0.05) is 11.6 Å². The highest BCUT2D eigenvalue weighted by molar-refractivity contribution is 9.10. The van der Waals surface area contributed by atoms with Crippen molar-refractivity contribution in [2.75, 3.05) is 11.9 Å². The third-order valence-electron chi connectivity index (χ3n) is 2.92. The second-order valence-electron chi connectivity index (χ2n) is 4.41. The molecular weight excluding hydrogens is 328 g/mol. The molecule has 0 aliphatic carbocycles. The Morgan fingerprint density at radius 3 is 2.79 bits per heavy atom. The monoisotopic (exact) mass is 342 g/mol. The Morgan fingerprint density at radius 2 is 2.26 bits per heavy atom. The van der Waals surface area contributed by atoms with Gasteiger partial charge < -0.3 is 11.1 Å². The van der Waals surface area contributed by atoms with Crippen LogP contribution in [0.4, 0.5) is 5.69 Å². The van der Waals surface area contributed by atoms with Gasteiger partial charge in [-0.05, 0) is 41.1 Å². The number of halogens is 2. The average Bonchev–Trinajstić information content (AvgIpc) is 2.70. The van der Waals surface area contributed by atoms with E-state index in [0.717, 1.165) is 21.4 Å². The van der Waals surface area contributed by atoms with Crippen LogP contribution in [0.25, 0.3) is 0 Å². The van der Waals surface area contributed by atoms with E-state index in [1.165, 1.54) is 0 Å². The summed E-state index contributed by atoms with van der Waals surface area (Å²) in [6, 6.07) is 5.75. The number of nitrogens with two attached hydrogens (primary N) is 1. The molecule has 1 aromatic carbocycles. The second kappa shape index (κ2) is 5.94. The molecule has 1 unspecified atom stereocenters. The van der Waals surface area contributed by atoms with Crippen LogP contribution in [-0.2, 0) is 7.05 Å². The number of anilines is 1. The third kappa shape index (κ3) is 3.29. The predicted molar refractivity (Wildman–Crippen MR) is 82.5 cm³/mol. The molecule has 2 aromatic rings. The zero-order chi connectivity index (χ0) is 14.0. The highest BCUT2D eigenvalue weighted by Crippen LogP contribution is 2.28. The lowest BCUT2D eigenvalue weighted by Crippen LogP contribution is -2.21. The van der Waals surface area contributed by atoms with E-state index in [4.69, 9.17) is 17.3 Å². The van der Waals surface area contributed by atoms with Gasteiger partial charge in [0.15, 0.2) is 0 Å². The van der Waals surface area contributed by atoms with E-state index in [0.29, 0.717) is 11.6 Å². The van der Waals surface area contributed by atoms with Crippen molar-refractivity contribution in [1.82, 2.24) is 9.78 Å². The van der Waals surface area contributed by atoms with Gasteiger partial charge in [0.25, 0.3) is 0 Å². The van der Waals surface area contributed by atoms with Crippen LogP contribution in [0.1, 0.15) is 17.3 Å². The molecule has 102 valence electrons. The maximum absolute atomic E-state index is 5.98. The van der Waals surface area contributed by atoms with Crippen LogP contribution in [0.3, 0.4) is 0 Å². The fourth-order valence-electron chi connectivity index (χ4n) is 2.01. The van der Waals surface area contributed by atoms with Crippen LogP contribution in [0.5, 0.6) is 0 Å². The molecular formula is C13H16BrClN4. The van der Waals surface area contributed by atoms with Gasteiger partial charge in [0.2, 0.25) is 0 Å². The van der Waals surface area contributed by atoms with Gasteiger partial charge in [-0.25, -0.2) is 0 Å². The smallest absolute Gasteiger partial charge is 0.0669 e. The molecule has 6 heteroatoms. The zero-order valence-electron chi connectivity index (χ0n) is 10.8. The molecule has 0 aliphatic heterocycles. The van der Waals surface area contributed by atoms with Crippen molar-refractivity contribution in [3.05, 3.63) is 45.1 Å². The SMILES string of the molecule is Cc1nn(C)cc1C(CN)Nc1ccc(Cl)c(Br)c1. The number of hydrogen-bond donors (Lipinski definition) is 2. The topological polar surface area (TPSA) is 55.9 Å². The van der Waals surface area contributed by atoms with Crippen LogP contribution >= 0.6 is 27.5 Å². The fourth-order valence-corrected chi connectivity index (χ4v) is 2.51. The van der Waals surface area contributed by atoms with Gasteiger partial charge >= 0.3 is 0 Å². The first kappa shape index (κ1) is 14.4. The molecule has 0 bridgehead atoms. The Labute approximate surface area is 126 Å². The first-order chi connectivity index (χ1) is 9.01. The molecule has 0 radical (unpaired) electrons. The van der Waals surface area contributed by atoms with E-state index in [-0.39, 0.29) is 6.04 Å². The van der Waals surface area contributed by atoms with Gasteiger partial charge in [-0.3, -0.25) is 4.68 Å². The number of nitrogens with zero attached hydrogens (tertiary/aromatic N) is 2. The lowest BCUT2D eigenvalue weighted by molar-refractivity contribution is 0.754. The standard InChI is InChI=1S/C13H16BrClN4/c1-8-10(7-19(2)18-8)13(6-16)17-9-3-4-12(15)11(14)5-9/h3-5,7,13,17H,6,16H2,1-2H3. The van der Waals surface area contributed by atoms with Crippen molar-refractivity contribution in [2.24, 2.45) is 12.8 Å². The highest BCUT2D eigenvalue weighted by atomic mass is 79.9. The molecule has 0 saturated carbocycles. The quantitative estimate of drug-likeness (QED) is 0.896. The molecule has 19 heavy (non-hydrogen) atoms. The summed E-state index contributed by atoms with van der Waals surface area (Å²) in [5.41, 5.74) is 8.92. The molecule has 2 rings (SSSR count). The first-order valence-corrected chi connectivity index (χ1v) is 7.10. The summed E-state index contributed by atoms with van der Waals surface area (Å²) in [5.74, 6) is 0. The maximum atomic E-state index is 5.98. The number of nitrogens with one attached hydrogen (secondary N) is 1. The van der Waals surface area contributed by atoms with E-state index >= 15 is 0 Å². The van der Waals surface area contributed by atoms with Gasteiger partial charge in [0.1, 0.15) is 0 Å². The van der Waals surface area contributed by atoms with Crippen LogP contribution in [0, 0.1) is 6.92 Å². The second-order valence-corrected chi connectivity index (χ2v) is 5.67. The molecule has 0 fully saturated rings. The van der Waals surface area contributed by atoms with Gasteiger partial charge in [-0.15, -0.1) is 0 Å². The van der Waals surface area contributed by atoms with Gasteiger partial charge in [0, 0.05) is 35.5 Å². The summed E-state index contributed by atoms with van der Waals surface area (Å²) in [4.78, 5) is 0. The summed E-state index contributed by atoms with van der Waals surface area (Å²) in [5, 5.41) is 8.43. The molecule has 0 aliphatic rings. The number of aryl methyl sites for hydroxylation is 2. The Bertz CT molecular complexity index is 582. The third-order valence-corrected chi connectivity index (χ3v) is 4.14. The lowest BCUT2D eigenvalue weighted by atomic mass is 10.1. The van der Waals surface area contributed by atoms with Crippen LogP contribution in [0.15, 0.2) is 28.9 Å². The van der Waals surface area contributed by atoms with Crippen LogP contribution < -0.4 is 11.1 Å². The van der Waals surface area contributed by atoms with E-state index in [1.54, 1.807) is 4.68 Å². The fraction of sp³-hybridized carbons (Fsp3) is 0.308. The molecule has 4 nitrogen and oxygen atoms in total. The van der Waals surface area contributed by atoms with E-state index < -0.39 is 0 Å². The van der Waals surface area contributed by atoms with Crippen molar-refractivity contribution >= 4 is 33.2 Å². The molecule has 3 N–H and O–H groups in total. The highest BCUT2D eigenvalue weighted by Gasteiger charge is 2.15.